The molecular weight excluding hydrogens is 417 g/mol. The molecule has 1 aliphatic rings. The molecule has 6 nitrogen and oxygen atoms in total. The molecule has 0 aromatic heterocycles. The summed E-state index contributed by atoms with van der Waals surface area (Å²) >= 11 is 0. The third-order valence-corrected chi connectivity index (χ3v) is 6.94. The van der Waals surface area contributed by atoms with Gasteiger partial charge in [0.2, 0.25) is 0 Å². The van der Waals surface area contributed by atoms with E-state index in [0.29, 0.717) is 36.2 Å². The molecule has 1 heterocycles. The SMILES string of the molecule is CN=C(NCc1cccc2ccccc12)NCC1CCN(S(=O)(=O)C(F)(F)F)CC1. The van der Waals surface area contributed by atoms with Crippen molar-refractivity contribution in [3.05, 3.63) is 48.0 Å². The van der Waals surface area contributed by atoms with Crippen LogP contribution >= 0.6 is 0 Å². The quantitative estimate of drug-likeness (QED) is 0.552. The summed E-state index contributed by atoms with van der Waals surface area (Å²) in [6.45, 7) is 0.824. The standard InChI is InChI=1S/C20H25F3N4O2S/c1-24-19(26-14-17-7-4-6-16-5-2-3-8-18(16)17)25-13-15-9-11-27(12-10-15)30(28,29)20(21,22)23/h2-8,15H,9-14H2,1H3,(H2,24,25,26). The van der Waals surface area contributed by atoms with E-state index >= 15 is 0 Å². The molecule has 3 rings (SSSR count). The summed E-state index contributed by atoms with van der Waals surface area (Å²) < 4.78 is 61.5. The first-order valence-electron chi connectivity index (χ1n) is 9.70. The van der Waals surface area contributed by atoms with Gasteiger partial charge in [0.05, 0.1) is 0 Å². The van der Waals surface area contributed by atoms with Crippen LogP contribution in [0.4, 0.5) is 13.2 Å². The second kappa shape index (κ2) is 9.22. The van der Waals surface area contributed by atoms with Crippen LogP contribution in [0.1, 0.15) is 18.4 Å². The van der Waals surface area contributed by atoms with Gasteiger partial charge in [0.1, 0.15) is 0 Å². The fourth-order valence-corrected chi connectivity index (χ4v) is 4.57. The average Bonchev–Trinajstić information content (AvgIpc) is 2.73. The van der Waals surface area contributed by atoms with Crippen LogP contribution in [0.25, 0.3) is 10.8 Å². The van der Waals surface area contributed by atoms with Gasteiger partial charge in [-0.1, -0.05) is 42.5 Å². The number of guanidine groups is 1. The molecule has 0 unspecified atom stereocenters. The monoisotopic (exact) mass is 442 g/mol. The number of hydrogen-bond donors (Lipinski definition) is 2. The minimum absolute atomic E-state index is 0.0702. The van der Waals surface area contributed by atoms with Gasteiger partial charge in [0.15, 0.2) is 5.96 Å². The van der Waals surface area contributed by atoms with E-state index < -0.39 is 15.5 Å². The molecule has 30 heavy (non-hydrogen) atoms. The van der Waals surface area contributed by atoms with E-state index in [-0.39, 0.29) is 19.0 Å². The number of piperidine rings is 1. The molecule has 0 atom stereocenters. The summed E-state index contributed by atoms with van der Waals surface area (Å²) in [7, 11) is -3.59. The second-order valence-electron chi connectivity index (χ2n) is 7.24. The van der Waals surface area contributed by atoms with E-state index in [1.165, 1.54) is 0 Å². The Bertz CT molecular complexity index is 995. The third kappa shape index (κ3) is 5.04. The van der Waals surface area contributed by atoms with E-state index in [9.17, 15) is 21.6 Å². The Hall–Kier alpha value is -2.33. The van der Waals surface area contributed by atoms with Crippen LogP contribution in [0.5, 0.6) is 0 Å². The van der Waals surface area contributed by atoms with Crippen LogP contribution in [-0.2, 0) is 16.6 Å². The lowest BCUT2D eigenvalue weighted by atomic mass is 9.98. The van der Waals surface area contributed by atoms with Crippen LogP contribution in [0.2, 0.25) is 0 Å². The predicted molar refractivity (Wildman–Crippen MR) is 111 cm³/mol. The lowest BCUT2D eigenvalue weighted by Crippen LogP contribution is -2.47. The molecule has 0 radical (unpaired) electrons. The highest BCUT2D eigenvalue weighted by Crippen LogP contribution is 2.30. The molecule has 2 aromatic carbocycles. The zero-order valence-corrected chi connectivity index (χ0v) is 17.4. The molecular formula is C20H25F3N4O2S. The number of rotatable bonds is 5. The fraction of sp³-hybridized carbons (Fsp3) is 0.450. The van der Waals surface area contributed by atoms with Crippen LogP contribution in [0, 0.1) is 5.92 Å². The highest BCUT2D eigenvalue weighted by atomic mass is 32.2. The summed E-state index contributed by atoms with van der Waals surface area (Å²) in [5.74, 6) is 0.661. The van der Waals surface area contributed by atoms with Crippen LogP contribution in [0.3, 0.4) is 0 Å². The van der Waals surface area contributed by atoms with Crippen molar-refractivity contribution in [2.24, 2.45) is 10.9 Å². The Morgan fingerprint density at radius 1 is 1.10 bits per heavy atom. The number of nitrogens with one attached hydrogen (secondary N) is 2. The summed E-state index contributed by atoms with van der Waals surface area (Å²) in [5, 5.41) is 8.75. The van der Waals surface area contributed by atoms with Crippen molar-refractivity contribution in [1.29, 1.82) is 0 Å². The molecule has 0 spiro atoms. The molecule has 2 aromatic rings. The van der Waals surface area contributed by atoms with Gasteiger partial charge in [-0.2, -0.15) is 17.5 Å². The number of sulfonamides is 1. The average molecular weight is 443 g/mol. The van der Waals surface area contributed by atoms with Crippen molar-refractivity contribution >= 4 is 26.8 Å². The van der Waals surface area contributed by atoms with E-state index in [1.54, 1.807) is 7.05 Å². The predicted octanol–water partition coefficient (Wildman–Crippen LogP) is 3.07. The highest BCUT2D eigenvalue weighted by Gasteiger charge is 2.50. The van der Waals surface area contributed by atoms with Crippen LogP contribution in [-0.4, -0.2) is 50.9 Å². The fourth-order valence-electron chi connectivity index (χ4n) is 3.59. The summed E-state index contributed by atoms with van der Waals surface area (Å²) in [6.07, 6.45) is 0.727. The Morgan fingerprint density at radius 2 is 1.77 bits per heavy atom. The smallest absolute Gasteiger partial charge is 0.356 e. The highest BCUT2D eigenvalue weighted by molar-refractivity contribution is 7.90. The van der Waals surface area contributed by atoms with Crippen molar-refractivity contribution in [3.63, 3.8) is 0 Å². The molecule has 0 aliphatic carbocycles. The minimum atomic E-state index is -5.24. The normalized spacial score (nSPS) is 17.3. The topological polar surface area (TPSA) is 73.8 Å². The summed E-state index contributed by atoms with van der Waals surface area (Å²) in [5.41, 5.74) is -4.12. The van der Waals surface area contributed by atoms with Crippen LogP contribution < -0.4 is 10.6 Å². The zero-order valence-electron chi connectivity index (χ0n) is 16.6. The number of hydrogen-bond acceptors (Lipinski definition) is 3. The molecule has 0 bridgehead atoms. The molecule has 0 amide bonds. The maximum atomic E-state index is 12.7. The van der Waals surface area contributed by atoms with E-state index in [1.807, 2.05) is 24.3 Å². The van der Waals surface area contributed by atoms with Crippen LogP contribution in [0.15, 0.2) is 47.5 Å². The molecule has 1 fully saturated rings. The molecule has 1 saturated heterocycles. The number of benzene rings is 2. The van der Waals surface area contributed by atoms with Gasteiger partial charge in [-0.05, 0) is 35.1 Å². The Balaban J connectivity index is 1.50. The Kier molecular flexibility index (Phi) is 6.87. The lowest BCUT2D eigenvalue weighted by Gasteiger charge is -2.31. The number of alkyl halides is 3. The van der Waals surface area contributed by atoms with Gasteiger partial charge in [-0.15, -0.1) is 0 Å². The number of aliphatic imine (C=N–C) groups is 1. The van der Waals surface area contributed by atoms with Crippen molar-refractivity contribution in [1.82, 2.24) is 14.9 Å². The zero-order chi connectivity index (χ0) is 21.8. The molecule has 10 heteroatoms. The van der Waals surface area contributed by atoms with E-state index in [2.05, 4.69) is 33.8 Å². The van der Waals surface area contributed by atoms with Gasteiger partial charge in [-0.3, -0.25) is 4.99 Å². The summed E-state index contributed by atoms with van der Waals surface area (Å²) in [4.78, 5) is 4.19. The Morgan fingerprint density at radius 3 is 2.43 bits per heavy atom. The number of nitrogens with zero attached hydrogens (tertiary/aromatic N) is 2. The van der Waals surface area contributed by atoms with Gasteiger partial charge in [0, 0.05) is 33.2 Å². The molecule has 2 N–H and O–H groups in total. The maximum Gasteiger partial charge on any atom is 0.511 e. The first kappa shape index (κ1) is 22.4. The largest absolute Gasteiger partial charge is 0.511 e. The maximum absolute atomic E-state index is 12.7. The third-order valence-electron chi connectivity index (χ3n) is 5.31. The second-order valence-corrected chi connectivity index (χ2v) is 9.17. The first-order chi connectivity index (χ1) is 14.2. The van der Waals surface area contributed by atoms with Crippen molar-refractivity contribution in [3.8, 4) is 0 Å². The minimum Gasteiger partial charge on any atom is -0.356 e. The summed E-state index contributed by atoms with van der Waals surface area (Å²) in [6, 6.07) is 14.2. The number of fused-ring (bicyclic) bond motifs is 1. The number of halogens is 3. The van der Waals surface area contributed by atoms with Crippen molar-refractivity contribution in [2.45, 2.75) is 24.9 Å². The Labute approximate surface area is 174 Å². The van der Waals surface area contributed by atoms with Gasteiger partial charge < -0.3 is 10.6 Å². The van der Waals surface area contributed by atoms with Gasteiger partial charge in [-0.25, -0.2) is 8.42 Å². The van der Waals surface area contributed by atoms with Gasteiger partial charge in [0.25, 0.3) is 0 Å². The first-order valence-corrected chi connectivity index (χ1v) is 11.1. The van der Waals surface area contributed by atoms with Gasteiger partial charge >= 0.3 is 15.5 Å². The lowest BCUT2D eigenvalue weighted by molar-refractivity contribution is -0.0496. The molecule has 164 valence electrons. The van der Waals surface area contributed by atoms with E-state index in [0.717, 1.165) is 16.3 Å². The van der Waals surface area contributed by atoms with Crippen molar-refractivity contribution in [2.75, 3.05) is 26.7 Å². The van der Waals surface area contributed by atoms with E-state index in [4.69, 9.17) is 0 Å². The molecule has 1 aliphatic heterocycles. The van der Waals surface area contributed by atoms with Crippen molar-refractivity contribution < 1.29 is 21.6 Å². The molecule has 0 saturated carbocycles.